The van der Waals surface area contributed by atoms with Gasteiger partial charge in [-0.1, -0.05) is 18.2 Å². The van der Waals surface area contributed by atoms with E-state index < -0.39 is 23.8 Å². The number of alkyl halides is 3. The Morgan fingerprint density at radius 2 is 1.81 bits per heavy atom. The molecular weight excluding hydrogens is 359 g/mol. The highest BCUT2D eigenvalue weighted by atomic mass is 19.4. The van der Waals surface area contributed by atoms with Gasteiger partial charge in [0.25, 0.3) is 5.91 Å². The number of rotatable bonds is 1. The zero-order valence-electron chi connectivity index (χ0n) is 14.1. The first kappa shape index (κ1) is 17.5. The van der Waals surface area contributed by atoms with E-state index in [0.29, 0.717) is 29.8 Å². The van der Waals surface area contributed by atoms with Crippen molar-refractivity contribution in [3.8, 4) is 11.1 Å². The monoisotopic (exact) mass is 375 g/mol. The molecule has 0 aromatic heterocycles. The second kappa shape index (κ2) is 6.09. The molecule has 4 rings (SSSR count). The largest absolute Gasteiger partial charge is 0.416 e. The van der Waals surface area contributed by atoms with Crippen LogP contribution in [0, 0.1) is 0 Å². The molecule has 1 fully saturated rings. The number of anilines is 1. The molecule has 27 heavy (non-hydrogen) atoms. The van der Waals surface area contributed by atoms with E-state index in [0.717, 1.165) is 12.1 Å². The smallest absolute Gasteiger partial charge is 0.325 e. The Hall–Kier alpha value is -2.87. The molecule has 0 spiro atoms. The molecule has 3 N–H and O–H groups in total. The van der Waals surface area contributed by atoms with Crippen LogP contribution >= 0.6 is 0 Å². The lowest BCUT2D eigenvalue weighted by Crippen LogP contribution is -2.48. The lowest BCUT2D eigenvalue weighted by molar-refractivity contribution is -0.137. The van der Waals surface area contributed by atoms with E-state index in [2.05, 4.69) is 5.32 Å². The van der Waals surface area contributed by atoms with E-state index in [1.165, 1.54) is 23.1 Å². The number of nitrogens with one attached hydrogen (secondary N) is 1. The Kier molecular flexibility index (Phi) is 3.96. The van der Waals surface area contributed by atoms with Gasteiger partial charge in [-0.05, 0) is 41.8 Å². The molecule has 2 heterocycles. The fraction of sp³-hybridized carbons (Fsp3) is 0.263. The van der Waals surface area contributed by atoms with E-state index in [-0.39, 0.29) is 17.4 Å². The van der Waals surface area contributed by atoms with E-state index in [1.807, 2.05) is 0 Å². The van der Waals surface area contributed by atoms with Gasteiger partial charge in [0, 0.05) is 12.6 Å². The normalized spacial score (nSPS) is 22.1. The third kappa shape index (κ3) is 2.95. The standard InChI is InChI=1S/C19H16F3N3O2/c20-19(21,22)12-3-1-2-10(8-12)11-4-5-15-13(9-11)18(27)25-7-6-14(23)16(25)17(26)24-15/h1-5,8-9,14,16H,6-7,23H2,(H,24,26). The van der Waals surface area contributed by atoms with E-state index in [1.54, 1.807) is 12.1 Å². The molecule has 2 unspecified atom stereocenters. The van der Waals surface area contributed by atoms with Gasteiger partial charge in [0.15, 0.2) is 0 Å². The summed E-state index contributed by atoms with van der Waals surface area (Å²) in [5.74, 6) is -0.700. The van der Waals surface area contributed by atoms with Gasteiger partial charge in [-0.25, -0.2) is 0 Å². The van der Waals surface area contributed by atoms with Gasteiger partial charge < -0.3 is 16.0 Å². The number of nitrogens with zero attached hydrogens (tertiary/aromatic N) is 1. The number of benzene rings is 2. The molecule has 2 aromatic carbocycles. The zero-order valence-corrected chi connectivity index (χ0v) is 14.1. The third-order valence-corrected chi connectivity index (χ3v) is 5.01. The summed E-state index contributed by atoms with van der Waals surface area (Å²) < 4.78 is 38.9. The molecular formula is C19H16F3N3O2. The Bertz CT molecular complexity index is 942. The van der Waals surface area contributed by atoms with Crippen molar-refractivity contribution in [3.05, 3.63) is 53.6 Å². The number of hydrogen-bond donors (Lipinski definition) is 2. The Morgan fingerprint density at radius 1 is 1.07 bits per heavy atom. The van der Waals surface area contributed by atoms with E-state index in [4.69, 9.17) is 5.73 Å². The first-order valence-electron chi connectivity index (χ1n) is 8.45. The summed E-state index contributed by atoms with van der Waals surface area (Å²) in [6.07, 6.45) is -3.93. The molecule has 0 bridgehead atoms. The summed E-state index contributed by atoms with van der Waals surface area (Å²) in [5.41, 5.74) is 6.58. The van der Waals surface area contributed by atoms with Crippen LogP contribution in [-0.2, 0) is 11.0 Å². The number of fused-ring (bicyclic) bond motifs is 2. The summed E-state index contributed by atoms with van der Waals surface area (Å²) in [6, 6.07) is 8.36. The second-order valence-corrected chi connectivity index (χ2v) is 6.72. The van der Waals surface area contributed by atoms with Crippen LogP contribution in [0.4, 0.5) is 18.9 Å². The predicted molar refractivity (Wildman–Crippen MR) is 92.9 cm³/mol. The number of hydrogen-bond acceptors (Lipinski definition) is 3. The highest BCUT2D eigenvalue weighted by Crippen LogP contribution is 2.35. The molecule has 0 saturated carbocycles. The van der Waals surface area contributed by atoms with Crippen molar-refractivity contribution in [1.82, 2.24) is 4.90 Å². The van der Waals surface area contributed by atoms with Crippen molar-refractivity contribution < 1.29 is 22.8 Å². The van der Waals surface area contributed by atoms with Crippen LogP contribution in [0.1, 0.15) is 22.3 Å². The van der Waals surface area contributed by atoms with Crippen LogP contribution in [0.3, 0.4) is 0 Å². The average Bonchev–Trinajstić information content (AvgIpc) is 2.98. The van der Waals surface area contributed by atoms with Crippen LogP contribution in [-0.4, -0.2) is 35.3 Å². The van der Waals surface area contributed by atoms with Gasteiger partial charge in [-0.3, -0.25) is 9.59 Å². The number of nitrogens with two attached hydrogens (primary N) is 1. The number of carbonyl (C=O) groups is 2. The summed E-state index contributed by atoms with van der Waals surface area (Å²) in [5, 5.41) is 2.71. The van der Waals surface area contributed by atoms with Crippen LogP contribution < -0.4 is 11.1 Å². The molecule has 5 nitrogen and oxygen atoms in total. The summed E-state index contributed by atoms with van der Waals surface area (Å²) in [6.45, 7) is 0.366. The van der Waals surface area contributed by atoms with Gasteiger partial charge in [0.05, 0.1) is 16.8 Å². The number of carbonyl (C=O) groups excluding carboxylic acids is 2. The molecule has 0 aliphatic carbocycles. The maximum absolute atomic E-state index is 13.0. The molecule has 8 heteroatoms. The highest BCUT2D eigenvalue weighted by Gasteiger charge is 2.43. The minimum Gasteiger partial charge on any atom is -0.325 e. The van der Waals surface area contributed by atoms with Crippen molar-refractivity contribution in [1.29, 1.82) is 0 Å². The Labute approximate surface area is 153 Å². The minimum atomic E-state index is -4.45. The lowest BCUT2D eigenvalue weighted by atomic mass is 9.99. The van der Waals surface area contributed by atoms with Crippen molar-refractivity contribution >= 4 is 17.5 Å². The van der Waals surface area contributed by atoms with Gasteiger partial charge in [0.1, 0.15) is 6.04 Å². The van der Waals surface area contributed by atoms with Crippen LogP contribution in [0.25, 0.3) is 11.1 Å². The summed E-state index contributed by atoms with van der Waals surface area (Å²) >= 11 is 0. The molecule has 2 aliphatic heterocycles. The quantitative estimate of drug-likeness (QED) is 0.805. The SMILES string of the molecule is NC1CCN2C(=O)c3cc(-c4cccc(C(F)(F)F)c4)ccc3NC(=O)C12. The molecule has 2 atom stereocenters. The van der Waals surface area contributed by atoms with Crippen molar-refractivity contribution in [2.45, 2.75) is 24.7 Å². The topological polar surface area (TPSA) is 75.4 Å². The van der Waals surface area contributed by atoms with Gasteiger partial charge in [0.2, 0.25) is 5.91 Å². The molecule has 1 saturated heterocycles. The van der Waals surface area contributed by atoms with Crippen LogP contribution in [0.5, 0.6) is 0 Å². The lowest BCUT2D eigenvalue weighted by Gasteiger charge is -2.22. The molecule has 2 aromatic rings. The Morgan fingerprint density at radius 3 is 2.56 bits per heavy atom. The maximum atomic E-state index is 13.0. The first-order chi connectivity index (χ1) is 12.8. The minimum absolute atomic E-state index is 0.245. The fourth-order valence-corrected chi connectivity index (χ4v) is 3.63. The summed E-state index contributed by atoms with van der Waals surface area (Å²) in [7, 11) is 0. The second-order valence-electron chi connectivity index (χ2n) is 6.72. The van der Waals surface area contributed by atoms with Crippen molar-refractivity contribution in [2.24, 2.45) is 5.73 Å². The average molecular weight is 375 g/mol. The van der Waals surface area contributed by atoms with Crippen molar-refractivity contribution in [3.63, 3.8) is 0 Å². The Balaban J connectivity index is 1.77. The van der Waals surface area contributed by atoms with Gasteiger partial charge >= 0.3 is 6.18 Å². The molecule has 140 valence electrons. The highest BCUT2D eigenvalue weighted by molar-refractivity contribution is 6.11. The molecule has 2 amide bonds. The van der Waals surface area contributed by atoms with Crippen LogP contribution in [0.2, 0.25) is 0 Å². The van der Waals surface area contributed by atoms with Gasteiger partial charge in [-0.15, -0.1) is 0 Å². The number of amides is 2. The van der Waals surface area contributed by atoms with E-state index in [9.17, 15) is 22.8 Å². The van der Waals surface area contributed by atoms with E-state index >= 15 is 0 Å². The maximum Gasteiger partial charge on any atom is 0.416 e. The van der Waals surface area contributed by atoms with Crippen molar-refractivity contribution in [2.75, 3.05) is 11.9 Å². The molecule has 2 aliphatic rings. The first-order valence-corrected chi connectivity index (χ1v) is 8.45. The fourth-order valence-electron chi connectivity index (χ4n) is 3.63. The predicted octanol–water partition coefficient (Wildman–Crippen LogP) is 2.87. The zero-order chi connectivity index (χ0) is 19.3. The van der Waals surface area contributed by atoms with Crippen LogP contribution in [0.15, 0.2) is 42.5 Å². The molecule has 0 radical (unpaired) electrons. The summed E-state index contributed by atoms with van der Waals surface area (Å²) in [4.78, 5) is 26.8. The third-order valence-electron chi connectivity index (χ3n) is 5.01. The number of halogens is 3. The van der Waals surface area contributed by atoms with Gasteiger partial charge in [-0.2, -0.15) is 13.2 Å².